The zero-order valence-electron chi connectivity index (χ0n) is 20.6. The van der Waals surface area contributed by atoms with E-state index >= 15 is 0 Å². The van der Waals surface area contributed by atoms with Crippen molar-refractivity contribution in [2.45, 2.75) is 43.9 Å². The Hall–Kier alpha value is -3.81. The third-order valence-corrected chi connectivity index (χ3v) is 7.35. The number of nitrogens with zero attached hydrogens (tertiary/aromatic N) is 1. The molecule has 0 saturated heterocycles. The number of para-hydroxylation sites is 1. The van der Waals surface area contributed by atoms with E-state index in [9.17, 15) is 22.8 Å². The van der Waals surface area contributed by atoms with Crippen LogP contribution in [0.1, 0.15) is 68.8 Å². The van der Waals surface area contributed by atoms with Crippen molar-refractivity contribution in [3.8, 4) is 0 Å². The molecule has 0 radical (unpaired) electrons. The molecule has 1 heterocycles. The molecule has 37 heavy (non-hydrogen) atoms. The number of benzene rings is 3. The third-order valence-electron chi connectivity index (χ3n) is 7.35. The van der Waals surface area contributed by atoms with Gasteiger partial charge in [-0.3, -0.25) is 4.79 Å². The topological polar surface area (TPSA) is 58.6 Å². The first-order valence-electron chi connectivity index (χ1n) is 12.1. The number of carbonyl (C=O) groups is 2. The molecule has 1 unspecified atom stereocenters. The van der Waals surface area contributed by atoms with Crippen LogP contribution in [0.2, 0.25) is 0 Å². The smallest absolute Gasteiger partial charge is 0.416 e. The Bertz CT molecular complexity index is 1330. The highest BCUT2D eigenvalue weighted by Gasteiger charge is 2.52. The number of fused-ring (bicyclic) bond motifs is 2. The maximum Gasteiger partial charge on any atom is 0.416 e. The predicted octanol–water partition coefficient (Wildman–Crippen LogP) is 6.03. The Kier molecular flexibility index (Phi) is 6.22. The van der Waals surface area contributed by atoms with Gasteiger partial charge in [0.1, 0.15) is 0 Å². The summed E-state index contributed by atoms with van der Waals surface area (Å²) in [5.41, 5.74) is 3.89. The van der Waals surface area contributed by atoms with Crippen LogP contribution in [0, 0.1) is 0 Å². The van der Waals surface area contributed by atoms with Gasteiger partial charge in [0, 0.05) is 18.5 Å². The van der Waals surface area contributed by atoms with E-state index < -0.39 is 17.7 Å². The predicted molar refractivity (Wildman–Crippen MR) is 134 cm³/mol. The summed E-state index contributed by atoms with van der Waals surface area (Å²) < 4.78 is 43.7. The molecule has 1 atom stereocenters. The van der Waals surface area contributed by atoms with Gasteiger partial charge in [-0.05, 0) is 66.8 Å². The van der Waals surface area contributed by atoms with E-state index in [1.165, 1.54) is 19.2 Å². The molecule has 8 heteroatoms. The lowest BCUT2D eigenvalue weighted by molar-refractivity contribution is -0.137. The Balaban J connectivity index is 1.38. The molecule has 1 aliphatic heterocycles. The lowest BCUT2D eigenvalue weighted by Gasteiger charge is -2.23. The van der Waals surface area contributed by atoms with Crippen LogP contribution in [0.5, 0.6) is 0 Å². The number of carbonyl (C=O) groups excluding carboxylic acids is 2. The minimum absolute atomic E-state index is 0.00681. The molecular formula is C29H27F3N2O3. The molecule has 192 valence electrons. The van der Waals surface area contributed by atoms with Gasteiger partial charge in [-0.2, -0.15) is 13.2 Å². The molecule has 1 aliphatic carbocycles. The second-order valence-corrected chi connectivity index (χ2v) is 9.84. The molecule has 5 rings (SSSR count). The van der Waals surface area contributed by atoms with Crippen LogP contribution in [0.25, 0.3) is 0 Å². The highest BCUT2D eigenvalue weighted by Crippen LogP contribution is 2.57. The summed E-state index contributed by atoms with van der Waals surface area (Å²) in [6.07, 6.45) is -2.33. The number of anilines is 1. The molecule has 2 aliphatic rings. The minimum Gasteiger partial charge on any atom is -0.465 e. The van der Waals surface area contributed by atoms with E-state index in [2.05, 4.69) is 16.3 Å². The van der Waals surface area contributed by atoms with E-state index in [0.717, 1.165) is 53.9 Å². The standard InChI is InChI=1S/C29H27F3N2O3/c1-18(20-8-10-21(11-9-20)27(36)37-2)33-26(35)23-4-3-5-24-25(23)34(17-28(24)14-15-28)16-19-6-12-22(13-7-19)29(30,31)32/h3-13,18H,14-17H2,1-2H3,(H,33,35). The number of halogens is 3. The average molecular weight is 509 g/mol. The summed E-state index contributed by atoms with van der Waals surface area (Å²) in [6, 6.07) is 17.5. The van der Waals surface area contributed by atoms with E-state index in [-0.39, 0.29) is 17.4 Å². The number of esters is 1. The number of alkyl halides is 3. The van der Waals surface area contributed by atoms with E-state index in [1.807, 2.05) is 13.0 Å². The lowest BCUT2D eigenvalue weighted by atomic mass is 9.96. The van der Waals surface area contributed by atoms with Gasteiger partial charge in [-0.25, -0.2) is 4.79 Å². The highest BCUT2D eigenvalue weighted by atomic mass is 19.4. The Morgan fingerprint density at radius 3 is 2.30 bits per heavy atom. The number of methoxy groups -OCH3 is 1. The van der Waals surface area contributed by atoms with Crippen molar-refractivity contribution in [3.63, 3.8) is 0 Å². The summed E-state index contributed by atoms with van der Waals surface area (Å²) in [6.45, 7) is 3.02. The van der Waals surface area contributed by atoms with E-state index in [0.29, 0.717) is 17.7 Å². The third kappa shape index (κ3) is 4.80. The molecule has 1 saturated carbocycles. The van der Waals surface area contributed by atoms with E-state index in [1.54, 1.807) is 30.3 Å². The maximum atomic E-state index is 13.5. The Morgan fingerprint density at radius 1 is 1.03 bits per heavy atom. The first-order valence-corrected chi connectivity index (χ1v) is 12.1. The first-order chi connectivity index (χ1) is 17.6. The quantitative estimate of drug-likeness (QED) is 0.413. The number of hydrogen-bond donors (Lipinski definition) is 1. The second-order valence-electron chi connectivity index (χ2n) is 9.84. The molecule has 1 spiro atoms. The summed E-state index contributed by atoms with van der Waals surface area (Å²) in [4.78, 5) is 27.3. The van der Waals surface area contributed by atoms with Crippen LogP contribution in [0.4, 0.5) is 18.9 Å². The number of amides is 1. The van der Waals surface area contributed by atoms with Crippen LogP contribution in [0.3, 0.4) is 0 Å². The summed E-state index contributed by atoms with van der Waals surface area (Å²) in [5.74, 6) is -0.651. The molecular weight excluding hydrogens is 481 g/mol. The van der Waals surface area contributed by atoms with Gasteiger partial charge >= 0.3 is 12.1 Å². The number of hydrogen-bond acceptors (Lipinski definition) is 4. The number of ether oxygens (including phenoxy) is 1. The number of rotatable bonds is 6. The second kappa shape index (κ2) is 9.25. The normalized spacial score (nSPS) is 16.3. The first kappa shape index (κ1) is 24.9. The SMILES string of the molecule is COC(=O)c1ccc(C(C)NC(=O)c2cccc3c2N(Cc2ccc(C(F)(F)F)cc2)CC32CC2)cc1. The van der Waals surface area contributed by atoms with Crippen molar-refractivity contribution < 1.29 is 27.5 Å². The van der Waals surface area contributed by atoms with Gasteiger partial charge in [0.2, 0.25) is 0 Å². The fourth-order valence-corrected chi connectivity index (χ4v) is 5.14. The molecule has 3 aromatic carbocycles. The van der Waals surface area contributed by atoms with Crippen molar-refractivity contribution in [2.24, 2.45) is 0 Å². The van der Waals surface area contributed by atoms with Gasteiger partial charge in [0.25, 0.3) is 5.91 Å². The van der Waals surface area contributed by atoms with Crippen molar-refractivity contribution in [3.05, 3.63) is 100 Å². The van der Waals surface area contributed by atoms with Gasteiger partial charge in [0.05, 0.1) is 35.5 Å². The largest absolute Gasteiger partial charge is 0.465 e. The van der Waals surface area contributed by atoms with Gasteiger partial charge in [0.15, 0.2) is 0 Å². The Labute approximate surface area is 213 Å². The van der Waals surface area contributed by atoms with Gasteiger partial charge in [-0.1, -0.05) is 36.4 Å². The van der Waals surface area contributed by atoms with Crippen molar-refractivity contribution in [2.75, 3.05) is 18.6 Å². The van der Waals surface area contributed by atoms with Crippen molar-refractivity contribution in [1.82, 2.24) is 5.32 Å². The molecule has 0 bridgehead atoms. The fraction of sp³-hybridized carbons (Fsp3) is 0.310. The van der Waals surface area contributed by atoms with Gasteiger partial charge in [-0.15, -0.1) is 0 Å². The lowest BCUT2D eigenvalue weighted by Crippen LogP contribution is -2.29. The number of nitrogens with one attached hydrogen (secondary N) is 1. The molecule has 5 nitrogen and oxygen atoms in total. The van der Waals surface area contributed by atoms with Crippen molar-refractivity contribution >= 4 is 17.6 Å². The zero-order chi connectivity index (χ0) is 26.4. The molecule has 1 fully saturated rings. The van der Waals surface area contributed by atoms with Crippen LogP contribution in [-0.4, -0.2) is 25.5 Å². The van der Waals surface area contributed by atoms with Crippen LogP contribution in [-0.2, 0) is 22.9 Å². The van der Waals surface area contributed by atoms with Crippen LogP contribution < -0.4 is 10.2 Å². The molecule has 1 N–H and O–H groups in total. The molecule has 0 aromatic heterocycles. The Morgan fingerprint density at radius 2 is 1.70 bits per heavy atom. The maximum absolute atomic E-state index is 13.5. The fourth-order valence-electron chi connectivity index (χ4n) is 5.14. The van der Waals surface area contributed by atoms with Gasteiger partial charge < -0.3 is 15.0 Å². The highest BCUT2D eigenvalue weighted by molar-refractivity contribution is 6.01. The van der Waals surface area contributed by atoms with E-state index in [4.69, 9.17) is 4.74 Å². The van der Waals surface area contributed by atoms with Crippen LogP contribution in [0.15, 0.2) is 66.7 Å². The summed E-state index contributed by atoms with van der Waals surface area (Å²) in [7, 11) is 1.32. The minimum atomic E-state index is -4.38. The molecule has 1 amide bonds. The summed E-state index contributed by atoms with van der Waals surface area (Å²) in [5, 5.41) is 3.05. The zero-order valence-corrected chi connectivity index (χ0v) is 20.6. The van der Waals surface area contributed by atoms with Crippen LogP contribution >= 0.6 is 0 Å². The average Bonchev–Trinajstić information content (AvgIpc) is 3.60. The molecule has 3 aromatic rings. The van der Waals surface area contributed by atoms with Crippen molar-refractivity contribution in [1.29, 1.82) is 0 Å². The summed E-state index contributed by atoms with van der Waals surface area (Å²) >= 11 is 0. The monoisotopic (exact) mass is 508 g/mol.